The van der Waals surface area contributed by atoms with Gasteiger partial charge < -0.3 is 4.98 Å². The highest BCUT2D eigenvalue weighted by Crippen LogP contribution is 2.33. The van der Waals surface area contributed by atoms with E-state index in [-0.39, 0.29) is 27.4 Å². The molecule has 0 aliphatic carbocycles. The molecule has 2 nitrogen and oxygen atoms in total. The van der Waals surface area contributed by atoms with Gasteiger partial charge in [0, 0.05) is 21.5 Å². The highest BCUT2D eigenvalue weighted by molar-refractivity contribution is 6.31. The van der Waals surface area contributed by atoms with Crippen LogP contribution in [0.1, 0.15) is 10.4 Å². The molecule has 1 aromatic heterocycles. The zero-order valence-electron chi connectivity index (χ0n) is 10.1. The molecule has 3 rings (SSSR count). The number of carbonyl (C=O) groups is 1. The number of rotatable bonds is 2. The third kappa shape index (κ3) is 1.89. The molecule has 0 aliphatic heterocycles. The monoisotopic (exact) mass is 291 g/mol. The Balaban J connectivity index is 2.40. The molecule has 1 heterocycles. The Hall–Kier alpha value is -2.20. The molecule has 0 fully saturated rings. The van der Waals surface area contributed by atoms with Crippen LogP contribution in [0.4, 0.5) is 8.78 Å². The minimum atomic E-state index is -0.585. The Morgan fingerprint density at radius 3 is 2.55 bits per heavy atom. The van der Waals surface area contributed by atoms with Crippen LogP contribution >= 0.6 is 11.6 Å². The molecule has 1 N–H and O–H groups in total. The summed E-state index contributed by atoms with van der Waals surface area (Å²) < 4.78 is 27.7. The minimum Gasteiger partial charge on any atom is -0.351 e. The highest BCUT2D eigenvalue weighted by Gasteiger charge is 2.18. The molecule has 2 aromatic carbocycles. The molecule has 0 radical (unpaired) electrons. The second-order valence-corrected chi connectivity index (χ2v) is 4.76. The van der Waals surface area contributed by atoms with Crippen LogP contribution in [0, 0.1) is 11.6 Å². The second-order valence-electron chi connectivity index (χ2n) is 4.32. The lowest BCUT2D eigenvalue weighted by molar-refractivity contribution is 0.112. The van der Waals surface area contributed by atoms with E-state index < -0.39 is 11.6 Å². The Morgan fingerprint density at radius 2 is 1.85 bits per heavy atom. The Bertz CT molecular complexity index is 826. The van der Waals surface area contributed by atoms with Crippen molar-refractivity contribution in [3.63, 3.8) is 0 Å². The van der Waals surface area contributed by atoms with E-state index in [4.69, 9.17) is 11.6 Å². The summed E-state index contributed by atoms with van der Waals surface area (Å²) in [7, 11) is 0. The fourth-order valence-corrected chi connectivity index (χ4v) is 2.44. The normalized spacial score (nSPS) is 10.9. The van der Waals surface area contributed by atoms with Gasteiger partial charge in [0.1, 0.15) is 11.6 Å². The standard InChI is InChI=1S/C15H8ClF2NO/c16-8-5-10-11(7-20)14(19-15(10)13(18)6-8)9-3-1-2-4-12(9)17/h1-7,19H. The first-order chi connectivity index (χ1) is 9.61. The molecule has 0 saturated carbocycles. The van der Waals surface area contributed by atoms with E-state index >= 15 is 0 Å². The van der Waals surface area contributed by atoms with E-state index in [1.807, 2.05) is 0 Å². The van der Waals surface area contributed by atoms with Crippen molar-refractivity contribution in [1.29, 1.82) is 0 Å². The van der Waals surface area contributed by atoms with Gasteiger partial charge in [0.25, 0.3) is 0 Å². The van der Waals surface area contributed by atoms with Crippen LogP contribution in [0.15, 0.2) is 36.4 Å². The van der Waals surface area contributed by atoms with E-state index in [1.165, 1.54) is 18.2 Å². The molecule has 0 saturated heterocycles. The molecular formula is C15H8ClF2NO. The number of hydrogen-bond donors (Lipinski definition) is 1. The molecule has 0 bridgehead atoms. The lowest BCUT2D eigenvalue weighted by Crippen LogP contribution is -1.88. The largest absolute Gasteiger partial charge is 0.351 e. The molecule has 0 spiro atoms. The summed E-state index contributed by atoms with van der Waals surface area (Å²) >= 11 is 5.80. The zero-order chi connectivity index (χ0) is 14.3. The van der Waals surface area contributed by atoms with Gasteiger partial charge in [0.2, 0.25) is 0 Å². The van der Waals surface area contributed by atoms with Crippen molar-refractivity contribution in [2.24, 2.45) is 0 Å². The summed E-state index contributed by atoms with van der Waals surface area (Å²) in [6.07, 6.45) is 0.566. The number of halogens is 3. The van der Waals surface area contributed by atoms with E-state index in [0.717, 1.165) is 6.07 Å². The van der Waals surface area contributed by atoms with Gasteiger partial charge in [-0.2, -0.15) is 0 Å². The summed E-state index contributed by atoms with van der Waals surface area (Å²) in [6.45, 7) is 0. The topological polar surface area (TPSA) is 32.9 Å². The van der Waals surface area contributed by atoms with Gasteiger partial charge in [0.05, 0.1) is 11.2 Å². The van der Waals surface area contributed by atoms with Crippen molar-refractivity contribution in [2.45, 2.75) is 0 Å². The molecule has 0 aliphatic rings. The van der Waals surface area contributed by atoms with Crippen molar-refractivity contribution in [1.82, 2.24) is 4.98 Å². The fourth-order valence-electron chi connectivity index (χ4n) is 2.24. The number of aromatic nitrogens is 1. The minimum absolute atomic E-state index is 0.134. The summed E-state index contributed by atoms with van der Waals surface area (Å²) in [5, 5.41) is 0.514. The lowest BCUT2D eigenvalue weighted by Gasteiger charge is -2.01. The van der Waals surface area contributed by atoms with Crippen LogP contribution in [0.25, 0.3) is 22.2 Å². The van der Waals surface area contributed by atoms with Crippen molar-refractivity contribution in [3.05, 3.63) is 58.6 Å². The maximum Gasteiger partial charge on any atom is 0.152 e. The van der Waals surface area contributed by atoms with Crippen LogP contribution < -0.4 is 0 Å². The Kier molecular flexibility index (Phi) is 3.03. The SMILES string of the molecule is O=Cc1c(-c2ccccc2F)[nH]c2c(F)cc(Cl)cc12. The number of benzene rings is 2. The summed E-state index contributed by atoms with van der Waals surface area (Å²) in [6, 6.07) is 8.59. The summed E-state index contributed by atoms with van der Waals surface area (Å²) in [4.78, 5) is 14.1. The molecule has 5 heteroatoms. The maximum absolute atomic E-state index is 13.9. The number of H-pyrrole nitrogens is 1. The highest BCUT2D eigenvalue weighted by atomic mass is 35.5. The van der Waals surface area contributed by atoms with Crippen molar-refractivity contribution >= 4 is 28.8 Å². The number of fused-ring (bicyclic) bond motifs is 1. The Labute approximate surface area is 118 Å². The van der Waals surface area contributed by atoms with E-state index in [1.54, 1.807) is 12.1 Å². The third-order valence-electron chi connectivity index (χ3n) is 3.13. The number of aromatic amines is 1. The predicted molar refractivity (Wildman–Crippen MR) is 74.0 cm³/mol. The predicted octanol–water partition coefficient (Wildman–Crippen LogP) is 4.58. The summed E-state index contributed by atoms with van der Waals surface area (Å²) in [5.74, 6) is -1.08. The van der Waals surface area contributed by atoms with Gasteiger partial charge in [-0.25, -0.2) is 8.78 Å². The molecule has 0 amide bonds. The molecule has 100 valence electrons. The van der Waals surface area contributed by atoms with Gasteiger partial charge in [-0.05, 0) is 24.3 Å². The van der Waals surface area contributed by atoms with Gasteiger partial charge in [-0.3, -0.25) is 4.79 Å². The van der Waals surface area contributed by atoms with Gasteiger partial charge in [-0.15, -0.1) is 0 Å². The van der Waals surface area contributed by atoms with E-state index in [9.17, 15) is 13.6 Å². The van der Waals surface area contributed by atoms with Crippen molar-refractivity contribution in [3.8, 4) is 11.3 Å². The lowest BCUT2D eigenvalue weighted by atomic mass is 10.1. The van der Waals surface area contributed by atoms with Gasteiger partial charge in [0.15, 0.2) is 6.29 Å². The molecule has 20 heavy (non-hydrogen) atoms. The van der Waals surface area contributed by atoms with E-state index in [0.29, 0.717) is 11.7 Å². The van der Waals surface area contributed by atoms with E-state index in [2.05, 4.69) is 4.98 Å². The number of nitrogens with one attached hydrogen (secondary N) is 1. The average molecular weight is 292 g/mol. The molecule has 0 unspecified atom stereocenters. The fraction of sp³-hybridized carbons (Fsp3) is 0. The number of carbonyl (C=O) groups excluding carboxylic acids is 1. The smallest absolute Gasteiger partial charge is 0.152 e. The van der Waals surface area contributed by atoms with Crippen molar-refractivity contribution < 1.29 is 13.6 Å². The van der Waals surface area contributed by atoms with Crippen molar-refractivity contribution in [2.75, 3.05) is 0 Å². The van der Waals surface area contributed by atoms with Crippen LogP contribution in [-0.2, 0) is 0 Å². The second kappa shape index (κ2) is 4.72. The number of hydrogen-bond acceptors (Lipinski definition) is 1. The van der Waals surface area contributed by atoms with Crippen LogP contribution in [0.3, 0.4) is 0 Å². The van der Waals surface area contributed by atoms with Gasteiger partial charge in [-0.1, -0.05) is 23.7 Å². The molecular weight excluding hydrogens is 284 g/mol. The van der Waals surface area contributed by atoms with Crippen LogP contribution in [0.2, 0.25) is 5.02 Å². The van der Waals surface area contributed by atoms with Crippen LogP contribution in [0.5, 0.6) is 0 Å². The quantitative estimate of drug-likeness (QED) is 0.689. The number of aldehydes is 1. The maximum atomic E-state index is 13.9. The Morgan fingerprint density at radius 1 is 1.10 bits per heavy atom. The molecule has 0 atom stereocenters. The van der Waals surface area contributed by atoms with Crippen LogP contribution in [-0.4, -0.2) is 11.3 Å². The summed E-state index contributed by atoms with van der Waals surface area (Å²) in [5.41, 5.74) is 0.775. The van der Waals surface area contributed by atoms with Gasteiger partial charge >= 0.3 is 0 Å². The average Bonchev–Trinajstić information content (AvgIpc) is 2.77. The zero-order valence-corrected chi connectivity index (χ0v) is 10.8. The molecule has 3 aromatic rings. The third-order valence-corrected chi connectivity index (χ3v) is 3.34. The first-order valence-electron chi connectivity index (χ1n) is 5.82. The first kappa shape index (κ1) is 12.8. The first-order valence-corrected chi connectivity index (χ1v) is 6.20.